The van der Waals surface area contributed by atoms with Crippen LogP contribution in [0.25, 0.3) is 0 Å². The summed E-state index contributed by atoms with van der Waals surface area (Å²) in [6.07, 6.45) is -0.128. The minimum atomic E-state index is -0.986. The van der Waals surface area contributed by atoms with Gasteiger partial charge in [-0.3, -0.25) is 14.4 Å². The summed E-state index contributed by atoms with van der Waals surface area (Å²) in [5.74, 6) is -0.364. The molecule has 37 heavy (non-hydrogen) atoms. The topological polar surface area (TPSA) is 92.1 Å². The zero-order chi connectivity index (χ0) is 25.9. The van der Waals surface area contributed by atoms with Crippen LogP contribution in [0, 0.1) is 17.2 Å². The highest BCUT2D eigenvalue weighted by atomic mass is 16.7. The predicted molar refractivity (Wildman–Crippen MR) is 137 cm³/mol. The molecule has 0 unspecified atom stereocenters. The summed E-state index contributed by atoms with van der Waals surface area (Å²) in [4.78, 5) is 34.7. The van der Waals surface area contributed by atoms with Gasteiger partial charge >= 0.3 is 0 Å². The third-order valence-electron chi connectivity index (χ3n) is 6.45. The van der Waals surface area contributed by atoms with E-state index in [9.17, 15) is 9.59 Å². The molecule has 188 valence electrons. The number of carbonyl (C=O) groups excluding carboxylic acids is 2. The molecule has 2 aliphatic heterocycles. The molecular weight excluding hydrogens is 470 g/mol. The minimum Gasteiger partial charge on any atom is -0.490 e. The Morgan fingerprint density at radius 1 is 0.892 bits per heavy atom. The van der Waals surface area contributed by atoms with Gasteiger partial charge in [0.05, 0.1) is 42.3 Å². The van der Waals surface area contributed by atoms with Crippen LogP contribution in [-0.2, 0) is 14.4 Å². The quantitative estimate of drug-likeness (QED) is 0.413. The van der Waals surface area contributed by atoms with Crippen LogP contribution in [0.1, 0.15) is 37.4 Å². The molecule has 2 amide bonds. The number of amides is 2. The summed E-state index contributed by atoms with van der Waals surface area (Å²) in [6, 6.07) is 22.9. The zero-order valence-electron chi connectivity index (χ0n) is 20.7. The standard InChI is InChI=1S/C29H27N3O5/c1-3-16-36-23-15-12-20(17-24(23)35-4-2)26-25-27(37-32(26)22-8-6-5-7-9-22)29(34)31(28(25)33)21-13-10-19(18-30)11-14-21/h5-15,17,25-27H,3-4,16H2,1-2H3/t25-,26-,27-/m1/s1. The lowest BCUT2D eigenvalue weighted by molar-refractivity contribution is -0.126. The number of carbonyl (C=O) groups is 2. The van der Waals surface area contributed by atoms with E-state index in [0.29, 0.717) is 36.0 Å². The van der Waals surface area contributed by atoms with Crippen molar-refractivity contribution in [1.82, 2.24) is 0 Å². The lowest BCUT2D eigenvalue weighted by atomic mass is 9.90. The van der Waals surface area contributed by atoms with Crippen LogP contribution in [-0.4, -0.2) is 31.1 Å². The fourth-order valence-corrected chi connectivity index (χ4v) is 4.80. The third-order valence-corrected chi connectivity index (χ3v) is 6.45. The first-order valence-corrected chi connectivity index (χ1v) is 12.4. The summed E-state index contributed by atoms with van der Waals surface area (Å²) in [5.41, 5.74) is 2.36. The molecule has 5 rings (SSSR count). The Balaban J connectivity index is 1.56. The van der Waals surface area contributed by atoms with Crippen molar-refractivity contribution >= 4 is 23.2 Å². The molecule has 2 aliphatic rings. The van der Waals surface area contributed by atoms with Gasteiger partial charge in [-0.2, -0.15) is 5.26 Å². The third kappa shape index (κ3) is 4.39. The lowest BCUT2D eigenvalue weighted by Gasteiger charge is -2.29. The van der Waals surface area contributed by atoms with Crippen molar-refractivity contribution < 1.29 is 23.9 Å². The average Bonchev–Trinajstić information content (AvgIpc) is 3.44. The first-order chi connectivity index (χ1) is 18.1. The van der Waals surface area contributed by atoms with Gasteiger partial charge < -0.3 is 9.47 Å². The van der Waals surface area contributed by atoms with Crippen LogP contribution in [0.2, 0.25) is 0 Å². The molecule has 2 saturated heterocycles. The van der Waals surface area contributed by atoms with E-state index in [1.807, 2.05) is 62.4 Å². The Hall–Kier alpha value is -4.35. The molecule has 0 aromatic heterocycles. The summed E-state index contributed by atoms with van der Waals surface area (Å²) in [7, 11) is 0. The number of ether oxygens (including phenoxy) is 2. The fraction of sp³-hybridized carbons (Fsp3) is 0.276. The monoisotopic (exact) mass is 497 g/mol. The molecule has 2 fully saturated rings. The van der Waals surface area contributed by atoms with E-state index < -0.39 is 24.0 Å². The van der Waals surface area contributed by atoms with Gasteiger partial charge in [0.25, 0.3) is 5.91 Å². The van der Waals surface area contributed by atoms with Crippen molar-refractivity contribution in [2.75, 3.05) is 23.2 Å². The molecule has 8 heteroatoms. The highest BCUT2D eigenvalue weighted by Gasteiger charge is 2.60. The molecule has 0 N–H and O–H groups in total. The molecule has 0 spiro atoms. The number of hydroxylamine groups is 1. The second-order valence-corrected chi connectivity index (χ2v) is 8.82. The number of para-hydroxylation sites is 1. The van der Waals surface area contributed by atoms with Crippen LogP contribution in [0.4, 0.5) is 11.4 Å². The van der Waals surface area contributed by atoms with Gasteiger partial charge in [-0.05, 0) is 67.4 Å². The maximum Gasteiger partial charge on any atom is 0.266 e. The number of nitriles is 1. The number of fused-ring (bicyclic) bond motifs is 1. The number of imide groups is 1. The second-order valence-electron chi connectivity index (χ2n) is 8.82. The van der Waals surface area contributed by atoms with Gasteiger partial charge in [0.1, 0.15) is 5.92 Å². The molecule has 3 aromatic rings. The summed E-state index contributed by atoms with van der Waals surface area (Å²) in [5, 5.41) is 10.8. The number of nitrogens with zero attached hydrogens (tertiary/aromatic N) is 3. The van der Waals surface area contributed by atoms with E-state index in [4.69, 9.17) is 19.6 Å². The van der Waals surface area contributed by atoms with Gasteiger partial charge in [-0.15, -0.1) is 0 Å². The van der Waals surface area contributed by atoms with E-state index in [1.54, 1.807) is 29.3 Å². The van der Waals surface area contributed by atoms with Crippen molar-refractivity contribution in [2.24, 2.45) is 5.92 Å². The predicted octanol–water partition coefficient (Wildman–Crippen LogP) is 4.80. The van der Waals surface area contributed by atoms with Gasteiger partial charge in [0, 0.05) is 0 Å². The highest BCUT2D eigenvalue weighted by Crippen LogP contribution is 2.48. The van der Waals surface area contributed by atoms with E-state index in [0.717, 1.165) is 22.6 Å². The van der Waals surface area contributed by atoms with Crippen molar-refractivity contribution in [2.45, 2.75) is 32.4 Å². The second kappa shape index (κ2) is 10.3. The number of hydrogen-bond donors (Lipinski definition) is 0. The van der Waals surface area contributed by atoms with Crippen LogP contribution in [0.15, 0.2) is 72.8 Å². The molecule has 0 aliphatic carbocycles. The number of hydrogen-bond acceptors (Lipinski definition) is 7. The number of rotatable bonds is 8. The van der Waals surface area contributed by atoms with Crippen molar-refractivity contribution in [3.8, 4) is 17.6 Å². The smallest absolute Gasteiger partial charge is 0.266 e. The van der Waals surface area contributed by atoms with E-state index >= 15 is 0 Å². The average molecular weight is 498 g/mol. The van der Waals surface area contributed by atoms with Gasteiger partial charge in [-0.25, -0.2) is 9.96 Å². The Bertz CT molecular complexity index is 1340. The lowest BCUT2D eigenvalue weighted by Crippen LogP contribution is -2.37. The molecule has 0 bridgehead atoms. The fourth-order valence-electron chi connectivity index (χ4n) is 4.80. The van der Waals surface area contributed by atoms with Crippen LogP contribution in [0.3, 0.4) is 0 Å². The summed E-state index contributed by atoms with van der Waals surface area (Å²) < 4.78 is 11.7. The maximum absolute atomic E-state index is 13.8. The molecule has 0 saturated carbocycles. The first-order valence-electron chi connectivity index (χ1n) is 12.4. The Morgan fingerprint density at radius 3 is 2.32 bits per heavy atom. The summed E-state index contributed by atoms with van der Waals surface area (Å²) >= 11 is 0. The van der Waals surface area contributed by atoms with E-state index in [2.05, 4.69) is 6.07 Å². The zero-order valence-corrected chi connectivity index (χ0v) is 20.7. The van der Waals surface area contributed by atoms with Gasteiger partial charge in [0.15, 0.2) is 17.6 Å². The first kappa shape index (κ1) is 24.3. The normalized spacial score (nSPS) is 20.6. The molecule has 0 radical (unpaired) electrons. The van der Waals surface area contributed by atoms with E-state index in [1.165, 1.54) is 0 Å². The molecule has 3 atom stereocenters. The van der Waals surface area contributed by atoms with Crippen LogP contribution < -0.4 is 19.4 Å². The highest BCUT2D eigenvalue weighted by molar-refractivity contribution is 6.23. The summed E-state index contributed by atoms with van der Waals surface area (Å²) in [6.45, 7) is 4.94. The van der Waals surface area contributed by atoms with Crippen molar-refractivity contribution in [3.05, 3.63) is 83.9 Å². The van der Waals surface area contributed by atoms with Crippen molar-refractivity contribution in [3.63, 3.8) is 0 Å². The molecule has 2 heterocycles. The van der Waals surface area contributed by atoms with Gasteiger partial charge in [-0.1, -0.05) is 31.2 Å². The van der Waals surface area contributed by atoms with Crippen molar-refractivity contribution in [1.29, 1.82) is 5.26 Å². The Kier molecular flexibility index (Phi) is 6.80. The van der Waals surface area contributed by atoms with Crippen LogP contribution in [0.5, 0.6) is 11.5 Å². The molecular formula is C29H27N3O5. The number of anilines is 2. The Labute approximate surface area is 215 Å². The van der Waals surface area contributed by atoms with Crippen LogP contribution >= 0.6 is 0 Å². The SMILES string of the molecule is CCCOc1ccc([C@@H]2[C@H]3C(=O)N(c4ccc(C#N)cc4)C(=O)[C@@H]3ON2c2ccccc2)cc1OCC. The number of benzene rings is 3. The minimum absolute atomic E-state index is 0.354. The maximum atomic E-state index is 13.8. The van der Waals surface area contributed by atoms with E-state index in [-0.39, 0.29) is 5.91 Å². The molecule has 8 nitrogen and oxygen atoms in total. The Morgan fingerprint density at radius 2 is 1.65 bits per heavy atom. The largest absolute Gasteiger partial charge is 0.490 e. The van der Waals surface area contributed by atoms with Gasteiger partial charge in [0.2, 0.25) is 5.91 Å². The molecule has 3 aromatic carbocycles.